The Hall–Kier alpha value is -3.07. The average Bonchev–Trinajstić information content (AvgIpc) is 2.88. The third-order valence-corrected chi connectivity index (χ3v) is 8.76. The van der Waals surface area contributed by atoms with Crippen molar-refractivity contribution in [1.82, 2.24) is 10.2 Å². The summed E-state index contributed by atoms with van der Waals surface area (Å²) in [6.45, 7) is 8.70. The molecule has 0 saturated carbocycles. The molecule has 7 nitrogen and oxygen atoms in total. The molecule has 10 heteroatoms. The Bertz CT molecular complexity index is 1440. The monoisotopic (exact) mass is 603 g/mol. The van der Waals surface area contributed by atoms with E-state index >= 15 is 0 Å². The quantitative estimate of drug-likeness (QED) is 0.285. The van der Waals surface area contributed by atoms with Crippen LogP contribution in [0.5, 0.6) is 0 Å². The number of hydrogen-bond acceptors (Lipinski definition) is 4. The maximum Gasteiger partial charge on any atom is 0.264 e. The van der Waals surface area contributed by atoms with Crippen LogP contribution in [0, 0.1) is 13.8 Å². The zero-order chi connectivity index (χ0) is 29.6. The number of aryl methyl sites for hydroxylation is 2. The molecule has 214 valence electrons. The molecule has 3 rings (SSSR count). The fraction of sp³-hybridized carbons (Fsp3) is 0.333. The first-order chi connectivity index (χ1) is 18.8. The normalized spacial score (nSPS) is 12.2. The van der Waals surface area contributed by atoms with Crippen molar-refractivity contribution in [1.29, 1.82) is 0 Å². The highest BCUT2D eigenvalue weighted by atomic mass is 35.5. The summed E-state index contributed by atoms with van der Waals surface area (Å²) in [5.74, 6) is -0.882. The molecule has 0 aromatic heterocycles. The molecule has 1 N–H and O–H groups in total. The van der Waals surface area contributed by atoms with Gasteiger partial charge in [-0.05, 0) is 76.1 Å². The molecule has 0 heterocycles. The second-order valence-electron chi connectivity index (χ2n) is 10.0. The number of carbonyl (C=O) groups excluding carboxylic acids is 2. The van der Waals surface area contributed by atoms with Gasteiger partial charge in [0.15, 0.2) is 0 Å². The molecule has 0 aliphatic carbocycles. The fourth-order valence-electron chi connectivity index (χ4n) is 4.21. The van der Waals surface area contributed by atoms with Crippen LogP contribution < -0.4 is 9.62 Å². The van der Waals surface area contributed by atoms with E-state index in [1.165, 1.54) is 17.0 Å². The van der Waals surface area contributed by atoms with Crippen molar-refractivity contribution in [3.63, 3.8) is 0 Å². The van der Waals surface area contributed by atoms with E-state index in [1.807, 2.05) is 27.7 Å². The lowest BCUT2D eigenvalue weighted by Crippen LogP contribution is -2.53. The number of benzene rings is 3. The highest BCUT2D eigenvalue weighted by molar-refractivity contribution is 7.92. The number of halogens is 2. The van der Waals surface area contributed by atoms with Crippen LogP contribution in [-0.2, 0) is 26.2 Å². The molecule has 0 fully saturated rings. The van der Waals surface area contributed by atoms with Crippen molar-refractivity contribution >= 4 is 50.7 Å². The lowest BCUT2D eigenvalue weighted by Gasteiger charge is -2.33. The van der Waals surface area contributed by atoms with Crippen LogP contribution in [0.4, 0.5) is 5.69 Å². The van der Waals surface area contributed by atoms with E-state index in [-0.39, 0.29) is 23.4 Å². The third kappa shape index (κ3) is 7.77. The number of nitrogens with zero attached hydrogens (tertiary/aromatic N) is 2. The van der Waals surface area contributed by atoms with Crippen LogP contribution >= 0.6 is 23.2 Å². The predicted molar refractivity (Wildman–Crippen MR) is 161 cm³/mol. The van der Waals surface area contributed by atoms with E-state index in [9.17, 15) is 18.0 Å². The Labute approximate surface area is 247 Å². The first-order valence-electron chi connectivity index (χ1n) is 13.0. The third-order valence-electron chi connectivity index (χ3n) is 6.38. The van der Waals surface area contributed by atoms with E-state index in [0.717, 1.165) is 15.4 Å². The summed E-state index contributed by atoms with van der Waals surface area (Å²) in [6.07, 6.45) is 0.310. The summed E-state index contributed by atoms with van der Waals surface area (Å²) in [5.41, 5.74) is 2.77. The number of rotatable bonds is 11. The van der Waals surface area contributed by atoms with Gasteiger partial charge in [0, 0.05) is 22.6 Å². The minimum atomic E-state index is -4.13. The Balaban J connectivity index is 2.08. The van der Waals surface area contributed by atoms with Gasteiger partial charge in [-0.3, -0.25) is 13.9 Å². The summed E-state index contributed by atoms with van der Waals surface area (Å²) in [4.78, 5) is 28.7. The fourth-order valence-corrected chi connectivity index (χ4v) is 6.09. The van der Waals surface area contributed by atoms with Gasteiger partial charge in [0.05, 0.1) is 10.6 Å². The topological polar surface area (TPSA) is 86.8 Å². The zero-order valence-corrected chi connectivity index (χ0v) is 25.6. The molecule has 0 spiro atoms. The summed E-state index contributed by atoms with van der Waals surface area (Å²) in [7, 11) is -4.13. The molecule has 0 saturated heterocycles. The van der Waals surface area contributed by atoms with Crippen LogP contribution in [0.15, 0.2) is 71.6 Å². The van der Waals surface area contributed by atoms with Crippen LogP contribution in [0.1, 0.15) is 43.9 Å². The van der Waals surface area contributed by atoms with Crippen molar-refractivity contribution in [2.24, 2.45) is 0 Å². The first kappa shape index (κ1) is 31.5. The molecular weight excluding hydrogens is 569 g/mol. The molecule has 3 aromatic carbocycles. The number of nitrogens with one attached hydrogen (secondary N) is 1. The van der Waals surface area contributed by atoms with Gasteiger partial charge in [0.25, 0.3) is 10.0 Å². The summed E-state index contributed by atoms with van der Waals surface area (Å²) >= 11 is 12.5. The van der Waals surface area contributed by atoms with E-state index in [4.69, 9.17) is 23.2 Å². The Kier molecular flexibility index (Phi) is 10.6. The molecule has 0 aliphatic heterocycles. The molecule has 2 amide bonds. The Morgan fingerprint density at radius 1 is 0.900 bits per heavy atom. The van der Waals surface area contributed by atoms with Gasteiger partial charge in [-0.2, -0.15) is 0 Å². The molecule has 40 heavy (non-hydrogen) atoms. The van der Waals surface area contributed by atoms with Crippen molar-refractivity contribution < 1.29 is 18.0 Å². The number of hydrogen-bond donors (Lipinski definition) is 1. The first-order valence-corrected chi connectivity index (χ1v) is 15.2. The highest BCUT2D eigenvalue weighted by Gasteiger charge is 2.34. The molecule has 0 unspecified atom stereocenters. The molecule has 3 aromatic rings. The van der Waals surface area contributed by atoms with Crippen molar-refractivity contribution in [3.8, 4) is 0 Å². The maximum absolute atomic E-state index is 14.1. The van der Waals surface area contributed by atoms with Gasteiger partial charge < -0.3 is 10.2 Å². The van der Waals surface area contributed by atoms with E-state index in [2.05, 4.69) is 5.32 Å². The minimum Gasteiger partial charge on any atom is -0.352 e. The summed E-state index contributed by atoms with van der Waals surface area (Å²) in [5, 5.41) is 3.65. The molecule has 1 atom stereocenters. The number of amides is 2. The van der Waals surface area contributed by atoms with E-state index in [1.54, 1.807) is 61.5 Å². The molecular formula is C30H35Cl2N3O4S. The maximum atomic E-state index is 14.1. The van der Waals surface area contributed by atoms with Crippen LogP contribution in [0.2, 0.25) is 10.0 Å². The van der Waals surface area contributed by atoms with E-state index < -0.39 is 28.5 Å². The van der Waals surface area contributed by atoms with Gasteiger partial charge in [-0.25, -0.2) is 8.42 Å². The second kappa shape index (κ2) is 13.5. The molecule has 0 bridgehead atoms. The van der Waals surface area contributed by atoms with Crippen molar-refractivity contribution in [2.45, 2.75) is 64.6 Å². The van der Waals surface area contributed by atoms with Gasteiger partial charge in [-0.1, -0.05) is 71.6 Å². The lowest BCUT2D eigenvalue weighted by atomic mass is 10.1. The Morgan fingerprint density at radius 3 is 2.00 bits per heavy atom. The van der Waals surface area contributed by atoms with Crippen LogP contribution in [0.25, 0.3) is 0 Å². The van der Waals surface area contributed by atoms with Crippen LogP contribution in [0.3, 0.4) is 0 Å². The molecule has 0 aliphatic rings. The van der Waals surface area contributed by atoms with Crippen molar-refractivity contribution in [3.05, 3.63) is 93.5 Å². The van der Waals surface area contributed by atoms with E-state index in [0.29, 0.717) is 27.7 Å². The predicted octanol–water partition coefficient (Wildman–Crippen LogP) is 6.14. The minimum absolute atomic E-state index is 0.00876. The van der Waals surface area contributed by atoms with Gasteiger partial charge in [0.1, 0.15) is 12.6 Å². The standard InChI is InChI=1S/C30H35Cl2N3O4S/c1-6-28(30(37)33-20(2)3)34(18-23-11-12-24(31)17-27(23)32)29(36)19-35(25-13-7-21(4)8-14-25)40(38,39)26-15-9-22(5)10-16-26/h7-17,20,28H,6,18-19H2,1-5H3,(H,33,37)/t28-/m0/s1. The largest absolute Gasteiger partial charge is 0.352 e. The number of carbonyl (C=O) groups is 2. The molecule has 0 radical (unpaired) electrons. The highest BCUT2D eigenvalue weighted by Crippen LogP contribution is 2.27. The average molecular weight is 605 g/mol. The summed E-state index contributed by atoms with van der Waals surface area (Å²) < 4.78 is 28.9. The Morgan fingerprint density at radius 2 is 1.48 bits per heavy atom. The SMILES string of the molecule is CC[C@@H](C(=O)NC(C)C)N(Cc1ccc(Cl)cc1Cl)C(=O)CN(c1ccc(C)cc1)S(=O)(=O)c1ccc(C)cc1. The number of sulfonamides is 1. The van der Waals surface area contributed by atoms with Crippen molar-refractivity contribution in [2.75, 3.05) is 10.8 Å². The van der Waals surface area contributed by atoms with Gasteiger partial charge in [-0.15, -0.1) is 0 Å². The lowest BCUT2D eigenvalue weighted by molar-refractivity contribution is -0.140. The van der Waals surface area contributed by atoms with Gasteiger partial charge >= 0.3 is 0 Å². The zero-order valence-electron chi connectivity index (χ0n) is 23.3. The van der Waals surface area contributed by atoms with Crippen LogP contribution in [-0.4, -0.2) is 43.8 Å². The number of anilines is 1. The second-order valence-corrected chi connectivity index (χ2v) is 12.7. The van der Waals surface area contributed by atoms with Gasteiger partial charge in [0.2, 0.25) is 11.8 Å². The smallest absolute Gasteiger partial charge is 0.264 e. The summed E-state index contributed by atoms with van der Waals surface area (Å²) in [6, 6.07) is 17.3.